The maximum Gasteiger partial charge on any atom is 0.424 e. The molecule has 142 valence electrons. The number of carbonyl (C=O) groups excluding carboxylic acids is 3. The minimum Gasteiger partial charge on any atom is -0.443 e. The van der Waals surface area contributed by atoms with Crippen molar-refractivity contribution in [3.8, 4) is 0 Å². The monoisotopic (exact) mass is 427 g/mol. The summed E-state index contributed by atoms with van der Waals surface area (Å²) in [4.78, 5) is 43.6. The largest absolute Gasteiger partial charge is 0.443 e. The average molecular weight is 428 g/mol. The Hall–Kier alpha value is -2.16. The first-order valence-corrected chi connectivity index (χ1v) is 8.80. The summed E-state index contributed by atoms with van der Waals surface area (Å²) >= 11 is 3.30. The summed E-state index contributed by atoms with van der Waals surface area (Å²) in [5.41, 5.74) is -1.10. The molecule has 26 heavy (non-hydrogen) atoms. The normalized spacial score (nSPS) is 14.8. The fraction of sp³-hybridized carbons (Fsp3) is 0.529. The molecule has 1 aromatic heterocycles. The molecule has 0 unspecified atom stereocenters. The lowest BCUT2D eigenvalue weighted by Crippen LogP contribution is -2.54. The number of fused-ring (bicyclic) bond motifs is 1. The number of rotatable bonds is 0. The maximum atomic E-state index is 12.8. The second kappa shape index (κ2) is 6.86. The molecule has 0 radical (unpaired) electrons. The van der Waals surface area contributed by atoms with Gasteiger partial charge in [0.05, 0.1) is 6.54 Å². The van der Waals surface area contributed by atoms with E-state index in [0.29, 0.717) is 10.0 Å². The second-order valence-corrected chi connectivity index (χ2v) is 8.72. The maximum absolute atomic E-state index is 12.8. The minimum absolute atomic E-state index is 0.0607. The molecule has 0 atom stereocenters. The van der Waals surface area contributed by atoms with Crippen LogP contribution in [0.1, 0.15) is 47.1 Å². The number of aromatic nitrogens is 1. The lowest BCUT2D eigenvalue weighted by atomic mass is 10.2. The molecular formula is C17H22BrN3O5. The van der Waals surface area contributed by atoms with Gasteiger partial charge in [-0.3, -0.25) is 0 Å². The number of hydrogen-bond donors (Lipinski definition) is 0. The van der Waals surface area contributed by atoms with Gasteiger partial charge in [0.1, 0.15) is 11.2 Å². The van der Waals surface area contributed by atoms with Gasteiger partial charge < -0.3 is 9.47 Å². The molecule has 2 heterocycles. The van der Waals surface area contributed by atoms with Crippen LogP contribution in [0.25, 0.3) is 0 Å². The van der Waals surface area contributed by atoms with Gasteiger partial charge in [-0.05, 0) is 63.5 Å². The highest BCUT2D eigenvalue weighted by Gasteiger charge is 2.42. The zero-order chi connectivity index (χ0) is 19.9. The molecule has 0 saturated heterocycles. The van der Waals surface area contributed by atoms with Crippen molar-refractivity contribution in [1.29, 1.82) is 0 Å². The molecule has 2 rings (SSSR count). The van der Waals surface area contributed by atoms with Crippen molar-refractivity contribution in [2.75, 3.05) is 4.90 Å². The summed E-state index contributed by atoms with van der Waals surface area (Å²) in [6, 6.07) is 0.819. The first-order chi connectivity index (χ1) is 11.8. The fourth-order valence-corrected chi connectivity index (χ4v) is 2.55. The van der Waals surface area contributed by atoms with Gasteiger partial charge in [-0.1, -0.05) is 0 Å². The molecule has 9 heteroatoms. The molecule has 4 amide bonds. The number of hydrogen-bond acceptors (Lipinski definition) is 6. The summed E-state index contributed by atoms with van der Waals surface area (Å²) in [6.45, 7) is 10.1. The predicted octanol–water partition coefficient (Wildman–Crippen LogP) is 4.46. The average Bonchev–Trinajstić information content (AvgIpc) is 2.42. The van der Waals surface area contributed by atoms with Crippen LogP contribution in [0.15, 0.2) is 16.7 Å². The molecular weight excluding hydrogens is 406 g/mol. The van der Waals surface area contributed by atoms with Crippen molar-refractivity contribution >= 4 is 40.0 Å². The molecule has 0 bridgehead atoms. The van der Waals surface area contributed by atoms with E-state index in [9.17, 15) is 14.4 Å². The Morgan fingerprint density at radius 1 is 1.08 bits per heavy atom. The summed E-state index contributed by atoms with van der Waals surface area (Å²) in [6.07, 6.45) is -0.291. The zero-order valence-corrected chi connectivity index (χ0v) is 17.2. The van der Waals surface area contributed by atoms with Crippen LogP contribution in [0, 0.1) is 0 Å². The Labute approximate surface area is 160 Å². The van der Waals surface area contributed by atoms with Crippen molar-refractivity contribution in [1.82, 2.24) is 9.88 Å². The number of anilines is 1. The van der Waals surface area contributed by atoms with E-state index in [-0.39, 0.29) is 12.4 Å². The summed E-state index contributed by atoms with van der Waals surface area (Å²) < 4.78 is 11.2. The van der Waals surface area contributed by atoms with Crippen LogP contribution in [0.2, 0.25) is 0 Å². The van der Waals surface area contributed by atoms with Crippen molar-refractivity contribution in [3.05, 3.63) is 22.3 Å². The van der Waals surface area contributed by atoms with Crippen LogP contribution in [0.3, 0.4) is 0 Å². The smallest absolute Gasteiger partial charge is 0.424 e. The van der Waals surface area contributed by atoms with Crippen molar-refractivity contribution in [2.24, 2.45) is 0 Å². The standard InChI is InChI=1S/C17H22BrN3O5/c1-16(2,3)25-14(23)20-9-10-7-11(18)8-19-12(10)21(13(20)22)15(24)26-17(4,5)6/h7-8H,9H2,1-6H3. The molecule has 0 spiro atoms. The van der Waals surface area contributed by atoms with Gasteiger partial charge in [-0.25, -0.2) is 24.3 Å². The topological polar surface area (TPSA) is 89.0 Å². The van der Waals surface area contributed by atoms with Gasteiger partial charge in [0.2, 0.25) is 0 Å². The first-order valence-electron chi connectivity index (χ1n) is 8.00. The number of carbonyl (C=O) groups is 3. The van der Waals surface area contributed by atoms with E-state index in [1.54, 1.807) is 47.6 Å². The Morgan fingerprint density at radius 2 is 1.62 bits per heavy atom. The van der Waals surface area contributed by atoms with E-state index in [1.165, 1.54) is 6.20 Å². The lowest BCUT2D eigenvalue weighted by Gasteiger charge is -2.35. The van der Waals surface area contributed by atoms with Crippen molar-refractivity contribution in [3.63, 3.8) is 0 Å². The SMILES string of the molecule is CC(C)(C)OC(=O)N1Cc2cc(Br)cnc2N(C(=O)OC(C)(C)C)C1=O. The van der Waals surface area contributed by atoms with E-state index >= 15 is 0 Å². The Morgan fingerprint density at radius 3 is 2.15 bits per heavy atom. The van der Waals surface area contributed by atoms with E-state index in [2.05, 4.69) is 20.9 Å². The number of amides is 4. The Kier molecular flexibility index (Phi) is 5.32. The van der Waals surface area contributed by atoms with Crippen LogP contribution in [0.4, 0.5) is 20.2 Å². The summed E-state index contributed by atoms with van der Waals surface area (Å²) in [7, 11) is 0. The van der Waals surface area contributed by atoms with E-state index in [0.717, 1.165) is 9.80 Å². The highest BCUT2D eigenvalue weighted by Crippen LogP contribution is 2.31. The number of halogens is 1. The second-order valence-electron chi connectivity index (χ2n) is 7.80. The first kappa shape index (κ1) is 20.2. The third-order valence-electron chi connectivity index (χ3n) is 3.06. The van der Waals surface area contributed by atoms with E-state index in [4.69, 9.17) is 9.47 Å². The third-order valence-corrected chi connectivity index (χ3v) is 3.50. The fourth-order valence-electron chi connectivity index (χ4n) is 2.17. The molecule has 0 aromatic carbocycles. The molecule has 1 aliphatic rings. The van der Waals surface area contributed by atoms with Gasteiger partial charge in [0.15, 0.2) is 5.82 Å². The molecule has 1 aromatic rings. The number of pyridine rings is 1. The highest BCUT2D eigenvalue weighted by molar-refractivity contribution is 9.10. The van der Waals surface area contributed by atoms with Gasteiger partial charge in [0.25, 0.3) is 0 Å². The molecule has 0 saturated carbocycles. The molecule has 0 fully saturated rings. The lowest BCUT2D eigenvalue weighted by molar-refractivity contribution is 0.0300. The zero-order valence-electron chi connectivity index (χ0n) is 15.6. The van der Waals surface area contributed by atoms with Crippen LogP contribution in [-0.2, 0) is 16.0 Å². The number of urea groups is 1. The minimum atomic E-state index is -0.910. The Bertz CT molecular complexity index is 752. The van der Waals surface area contributed by atoms with Crippen molar-refractivity contribution < 1.29 is 23.9 Å². The summed E-state index contributed by atoms with van der Waals surface area (Å²) in [5.74, 6) is 0.132. The van der Waals surface area contributed by atoms with Gasteiger partial charge in [0, 0.05) is 16.2 Å². The van der Waals surface area contributed by atoms with Crippen molar-refractivity contribution in [2.45, 2.75) is 59.3 Å². The van der Waals surface area contributed by atoms with Crippen LogP contribution < -0.4 is 4.90 Å². The molecule has 0 aliphatic carbocycles. The predicted molar refractivity (Wildman–Crippen MR) is 97.8 cm³/mol. The number of ether oxygens (including phenoxy) is 2. The van der Waals surface area contributed by atoms with Gasteiger partial charge >= 0.3 is 18.2 Å². The Balaban J connectivity index is 2.44. The third kappa shape index (κ3) is 4.72. The quantitative estimate of drug-likeness (QED) is 0.607. The van der Waals surface area contributed by atoms with E-state index in [1.807, 2.05) is 0 Å². The van der Waals surface area contributed by atoms with Crippen LogP contribution in [-0.4, -0.2) is 39.3 Å². The number of nitrogens with zero attached hydrogens (tertiary/aromatic N) is 3. The van der Waals surface area contributed by atoms with Gasteiger partial charge in [-0.2, -0.15) is 4.90 Å². The highest BCUT2D eigenvalue weighted by atomic mass is 79.9. The molecule has 0 N–H and O–H groups in total. The summed E-state index contributed by atoms with van der Waals surface area (Å²) in [5, 5.41) is 0. The molecule has 8 nitrogen and oxygen atoms in total. The molecule has 1 aliphatic heterocycles. The van der Waals surface area contributed by atoms with E-state index < -0.39 is 29.4 Å². The van der Waals surface area contributed by atoms with Gasteiger partial charge in [-0.15, -0.1) is 0 Å². The number of imide groups is 2. The van der Waals surface area contributed by atoms with Crippen LogP contribution in [0.5, 0.6) is 0 Å². The van der Waals surface area contributed by atoms with Crippen LogP contribution >= 0.6 is 15.9 Å².